The number of hydrogen-bond acceptors (Lipinski definition) is 17. The highest BCUT2D eigenvalue weighted by Gasteiger charge is 2.64. The topological polar surface area (TPSA) is 309 Å². The maximum absolute atomic E-state index is 14.4. The molecule has 0 unspecified atom stereocenters. The summed E-state index contributed by atoms with van der Waals surface area (Å²) < 4.78 is 35.2. The van der Waals surface area contributed by atoms with Crippen molar-refractivity contribution in [3.05, 3.63) is 81.9 Å². The van der Waals surface area contributed by atoms with Crippen molar-refractivity contribution in [3.63, 3.8) is 0 Å². The summed E-state index contributed by atoms with van der Waals surface area (Å²) in [5.41, 5.74) is 5.44. The van der Waals surface area contributed by atoms with Crippen molar-refractivity contribution in [3.8, 4) is 5.75 Å². The molecule has 23 nitrogen and oxygen atoms in total. The molecular weight excluding hydrogens is 1170 g/mol. The highest BCUT2D eigenvalue weighted by molar-refractivity contribution is 6.35. The van der Waals surface area contributed by atoms with E-state index in [1.54, 1.807) is 62.4 Å². The molecule has 10 atom stereocenters. The predicted molar refractivity (Wildman–Crippen MR) is 330 cm³/mol. The molecule has 24 heteroatoms. The maximum Gasteiger partial charge on any atom is 0.409 e. The number of anilines is 1. The molecule has 2 saturated heterocycles. The van der Waals surface area contributed by atoms with E-state index in [1.165, 1.54) is 63.9 Å². The van der Waals surface area contributed by atoms with Crippen molar-refractivity contribution in [2.45, 2.75) is 186 Å². The number of amides is 6. The number of ether oxygens (including phenoxy) is 6. The molecule has 6 amide bonds. The van der Waals surface area contributed by atoms with Crippen LogP contribution >= 0.6 is 11.6 Å². The number of nitrogens with two attached hydrogens (primary N) is 1. The molecule has 3 aliphatic heterocycles. The maximum atomic E-state index is 14.4. The third kappa shape index (κ3) is 20.7. The Morgan fingerprint density at radius 3 is 2.28 bits per heavy atom. The smallest absolute Gasteiger partial charge is 0.409 e. The highest BCUT2D eigenvalue weighted by Crippen LogP contribution is 2.50. The summed E-state index contributed by atoms with van der Waals surface area (Å²) in [6.07, 6.45) is 2.41. The number of unbranched alkanes of at least 4 members (excludes halogenated alkanes) is 1. The Balaban J connectivity index is 1.21. The summed E-state index contributed by atoms with van der Waals surface area (Å²) in [6.45, 7) is 11.9. The van der Waals surface area contributed by atoms with Crippen LogP contribution in [-0.4, -0.2) is 170 Å². The van der Waals surface area contributed by atoms with E-state index in [-0.39, 0.29) is 92.9 Å². The molecular formula is C65H91ClN6O17. The average Bonchev–Trinajstić information content (AvgIpc) is 1.61. The van der Waals surface area contributed by atoms with Gasteiger partial charge in [0.2, 0.25) is 17.7 Å². The third-order valence-corrected chi connectivity index (χ3v) is 17.4. The fraction of sp³-hybridized carbons (Fsp3) is 0.600. The average molecular weight is 1260 g/mol. The van der Waals surface area contributed by atoms with Crippen molar-refractivity contribution < 1.29 is 81.5 Å². The Morgan fingerprint density at radius 2 is 1.64 bits per heavy atom. The van der Waals surface area contributed by atoms with Crippen molar-refractivity contribution >= 4 is 76.4 Å². The number of urea groups is 1. The standard InChI is InChI=1S/C65H91ClN6O17/c1-38(2)47(33-46(74)19-14-13-18-40(4)73)60(79)69-48(20-16-27-68-62(67)81)50(75)31-43-22-24-44(25-23-43)37-86-63(82)70(8)28-26-55(76)71(9)42(6)61(80)88-54-34-56(77)72(10)49-30-45(32-51(84-11)58(49)66)29-39(3)17-15-21-53(85-12)65(83)35-52(87-57(78)36-65)41(5)59-64(54,7)89-59/h15,17,21-25,30,32,38,41-42,47-48,52-54,59,83H,13-14,16,18-20,26-29,31,33-37H2,1-12H3,(H,69,79)(H3,67,68,81)/b21-15+,39-17+/t41-,42+,47+,48+,52+,53-,54+,59+,64+,65-/m1/s1. The molecule has 3 heterocycles. The van der Waals surface area contributed by atoms with E-state index in [4.69, 9.17) is 45.8 Å². The zero-order valence-corrected chi connectivity index (χ0v) is 54.2. The Bertz CT molecular complexity index is 2950. The van der Waals surface area contributed by atoms with Crippen molar-refractivity contribution in [2.75, 3.05) is 53.4 Å². The number of fused-ring (bicyclic) bond motifs is 5. The third-order valence-electron chi connectivity index (χ3n) is 17.0. The Kier molecular flexibility index (Phi) is 26.9. The number of primary amides is 1. The van der Waals surface area contributed by atoms with Gasteiger partial charge in [-0.2, -0.15) is 0 Å². The fourth-order valence-corrected chi connectivity index (χ4v) is 11.4. The molecule has 89 heavy (non-hydrogen) atoms. The quantitative estimate of drug-likeness (QED) is 0.0308. The van der Waals surface area contributed by atoms with Crippen molar-refractivity contribution in [1.29, 1.82) is 0 Å². The van der Waals surface area contributed by atoms with Gasteiger partial charge in [0.25, 0.3) is 0 Å². The fourth-order valence-electron chi connectivity index (χ4n) is 11.1. The van der Waals surface area contributed by atoms with E-state index in [0.717, 1.165) is 11.1 Å². The lowest BCUT2D eigenvalue weighted by Gasteiger charge is -2.41. The number of halogens is 1. The number of rotatable bonds is 27. The number of esters is 2. The van der Waals surface area contributed by atoms with Crippen LogP contribution in [0, 0.1) is 17.8 Å². The van der Waals surface area contributed by atoms with E-state index in [9.17, 15) is 53.1 Å². The van der Waals surface area contributed by atoms with Crippen LogP contribution in [0.25, 0.3) is 0 Å². The summed E-state index contributed by atoms with van der Waals surface area (Å²) in [5, 5.41) is 17.5. The molecule has 0 aliphatic carbocycles. The first-order valence-corrected chi connectivity index (χ1v) is 30.7. The van der Waals surface area contributed by atoms with E-state index in [2.05, 4.69) is 10.6 Å². The number of Topliss-reactive ketones (excluding diaryl/α,β-unsaturated/α-hetero) is 3. The summed E-state index contributed by atoms with van der Waals surface area (Å²) in [5.74, 6) is -4.49. The minimum Gasteiger partial charge on any atom is -0.495 e. The number of hydrogen-bond donors (Lipinski definition) is 4. The van der Waals surface area contributed by atoms with Gasteiger partial charge in [0.1, 0.15) is 64.5 Å². The summed E-state index contributed by atoms with van der Waals surface area (Å²) in [7, 11) is 7.30. The van der Waals surface area contributed by atoms with Gasteiger partial charge in [-0.25, -0.2) is 14.4 Å². The summed E-state index contributed by atoms with van der Waals surface area (Å²) in [4.78, 5) is 135. The van der Waals surface area contributed by atoms with Gasteiger partial charge in [0.05, 0.1) is 37.8 Å². The molecule has 2 aromatic carbocycles. The first-order chi connectivity index (χ1) is 41.9. The Hall–Kier alpha value is -7.21. The second-order valence-corrected chi connectivity index (χ2v) is 24.8. The van der Waals surface area contributed by atoms with Crippen molar-refractivity contribution in [1.82, 2.24) is 20.4 Å². The SMILES string of the molecule is COc1cc2cc(c1Cl)N(C)C(=O)C[C@H](OC(=O)[C@H](C)N(C)C(=O)CCN(C)C(=O)OCc1ccc(CC(=O)[C@H](CCCNC(N)=O)NC(=O)[C@@H](CC(=O)CCCCC(C)=O)C(C)C)cc1)[C@]1(C)O[C@H]1[C@H](C)[C@@H]1C[C@@](O)(CC(=O)O1)[C@H](OC)/C=C/C=C(\C)C2. The minimum absolute atomic E-state index is 0.00896. The van der Waals surface area contributed by atoms with E-state index >= 15 is 0 Å². The first-order valence-electron chi connectivity index (χ1n) is 30.3. The first kappa shape index (κ1) is 72.5. The van der Waals surface area contributed by atoms with Gasteiger partial charge in [-0.15, -0.1) is 0 Å². The van der Waals surface area contributed by atoms with Gasteiger partial charge in [-0.05, 0) is 94.5 Å². The highest BCUT2D eigenvalue weighted by atomic mass is 35.5. The van der Waals surface area contributed by atoms with Crippen LogP contribution < -0.4 is 26.0 Å². The zero-order valence-electron chi connectivity index (χ0n) is 53.5. The van der Waals surface area contributed by atoms with Crippen LogP contribution in [0.1, 0.15) is 136 Å². The van der Waals surface area contributed by atoms with Crippen LogP contribution in [0.3, 0.4) is 0 Å². The molecule has 5 rings (SSSR count). The van der Waals surface area contributed by atoms with Gasteiger partial charge in [-0.3, -0.25) is 28.8 Å². The number of epoxide rings is 1. The van der Waals surface area contributed by atoms with Gasteiger partial charge < -0.3 is 69.4 Å². The number of allylic oxidation sites excluding steroid dienone is 3. The second kappa shape index (κ2) is 33.0. The molecule has 2 fully saturated rings. The van der Waals surface area contributed by atoms with Gasteiger partial charge in [0.15, 0.2) is 5.78 Å². The lowest BCUT2D eigenvalue weighted by Crippen LogP contribution is -2.53. The number of methoxy groups -OCH3 is 2. The van der Waals surface area contributed by atoms with Crippen LogP contribution in [0.2, 0.25) is 5.02 Å². The zero-order chi connectivity index (χ0) is 66.1. The largest absolute Gasteiger partial charge is 0.495 e. The minimum atomic E-state index is -1.66. The van der Waals surface area contributed by atoms with Gasteiger partial charge in [-0.1, -0.05) is 80.4 Å². The summed E-state index contributed by atoms with van der Waals surface area (Å²) >= 11 is 6.84. The van der Waals surface area contributed by atoms with E-state index < -0.39 is 108 Å². The molecule has 0 aromatic heterocycles. The van der Waals surface area contributed by atoms with Crippen LogP contribution in [0.5, 0.6) is 5.75 Å². The molecule has 2 aromatic rings. The molecule has 490 valence electrons. The normalized spacial score (nSPS) is 23.8. The molecule has 3 aliphatic rings. The molecule has 0 radical (unpaired) electrons. The van der Waals surface area contributed by atoms with Crippen LogP contribution in [0.4, 0.5) is 15.3 Å². The van der Waals surface area contributed by atoms with Crippen molar-refractivity contribution in [2.24, 2.45) is 23.5 Å². The van der Waals surface area contributed by atoms with Gasteiger partial charge >= 0.3 is 24.1 Å². The van der Waals surface area contributed by atoms with E-state index in [1.807, 2.05) is 26.8 Å². The predicted octanol–water partition coefficient (Wildman–Crippen LogP) is 6.85. The van der Waals surface area contributed by atoms with Crippen LogP contribution in [-0.2, 0) is 81.5 Å². The molecule has 5 N–H and O–H groups in total. The van der Waals surface area contributed by atoms with Gasteiger partial charge in [0, 0.05) is 91.7 Å². The number of ketones is 3. The van der Waals surface area contributed by atoms with E-state index in [0.29, 0.717) is 54.7 Å². The molecule has 0 saturated carbocycles. The number of aliphatic hydroxyl groups is 1. The molecule has 0 spiro atoms. The molecule has 4 bridgehead atoms. The number of benzene rings is 2. The number of carbonyl (C=O) groups is 10. The summed E-state index contributed by atoms with van der Waals surface area (Å²) in [6, 6.07) is 7.42. The number of nitrogens with zero attached hydrogens (tertiary/aromatic N) is 3. The monoisotopic (exact) mass is 1260 g/mol. The Labute approximate surface area is 527 Å². The number of likely N-dealkylation sites (N-methyl/N-ethyl adjacent to an activating group) is 1. The lowest BCUT2D eigenvalue weighted by molar-refractivity contribution is -0.187. The second-order valence-electron chi connectivity index (χ2n) is 24.4. The Morgan fingerprint density at radius 1 is 0.966 bits per heavy atom. The number of carbonyl (C=O) groups excluding carboxylic acids is 10. The van der Waals surface area contributed by atoms with Crippen LogP contribution in [0.15, 0.2) is 60.2 Å². The number of nitrogens with one attached hydrogen (secondary N) is 2. The lowest BCUT2D eigenvalue weighted by atomic mass is 9.78.